The number of phenolic OH excluding ortho intramolecular Hbond substituents is 1. The summed E-state index contributed by atoms with van der Waals surface area (Å²) < 4.78 is 6.30. The molecule has 1 aromatic carbocycles. The first kappa shape index (κ1) is 18.1. The van der Waals surface area contributed by atoms with Crippen molar-refractivity contribution in [1.29, 1.82) is 5.26 Å². The number of benzene rings is 1. The van der Waals surface area contributed by atoms with E-state index < -0.39 is 17.9 Å². The highest BCUT2D eigenvalue weighted by molar-refractivity contribution is 5.96. The summed E-state index contributed by atoms with van der Waals surface area (Å²) in [4.78, 5) is 24.7. The number of nitriles is 1. The van der Waals surface area contributed by atoms with Crippen molar-refractivity contribution >= 4 is 11.9 Å². The fraction of sp³-hybridized carbons (Fsp3) is 0.278. The second kappa shape index (κ2) is 7.09. The van der Waals surface area contributed by atoms with E-state index in [2.05, 4.69) is 5.32 Å². The summed E-state index contributed by atoms with van der Waals surface area (Å²) in [5, 5.41) is 21.5. The van der Waals surface area contributed by atoms with E-state index in [1.54, 1.807) is 33.0 Å². The van der Waals surface area contributed by atoms with Crippen LogP contribution in [0.5, 0.6) is 5.75 Å². The van der Waals surface area contributed by atoms with Crippen LogP contribution in [0.2, 0.25) is 0 Å². The summed E-state index contributed by atoms with van der Waals surface area (Å²) in [7, 11) is 2.87. The predicted octanol–water partition coefficient (Wildman–Crippen LogP) is 1.86. The Balaban J connectivity index is 2.39. The second-order valence-electron chi connectivity index (χ2n) is 5.77. The van der Waals surface area contributed by atoms with Gasteiger partial charge in [0, 0.05) is 13.2 Å². The van der Waals surface area contributed by atoms with Crippen molar-refractivity contribution in [2.75, 3.05) is 7.11 Å². The number of hydrogen-bond donors (Lipinski definition) is 2. The summed E-state index contributed by atoms with van der Waals surface area (Å²) >= 11 is 0. The number of aromatic hydroxyl groups is 1. The van der Waals surface area contributed by atoms with Gasteiger partial charge in [0.25, 0.3) is 5.91 Å². The monoisotopic (exact) mass is 341 g/mol. The van der Waals surface area contributed by atoms with Crippen molar-refractivity contribution in [2.24, 2.45) is 7.05 Å². The van der Waals surface area contributed by atoms with Crippen LogP contribution in [0.15, 0.2) is 24.4 Å². The summed E-state index contributed by atoms with van der Waals surface area (Å²) in [6.07, 6.45) is 1.52. The zero-order valence-electron chi connectivity index (χ0n) is 14.5. The van der Waals surface area contributed by atoms with E-state index in [0.29, 0.717) is 22.3 Å². The zero-order valence-corrected chi connectivity index (χ0v) is 14.5. The van der Waals surface area contributed by atoms with Gasteiger partial charge in [-0.1, -0.05) is 0 Å². The predicted molar refractivity (Wildman–Crippen MR) is 89.9 cm³/mol. The van der Waals surface area contributed by atoms with Gasteiger partial charge in [-0.3, -0.25) is 4.79 Å². The standard InChI is InChI=1S/C18H19N3O4/c1-10-5-13(6-11(2)16(10)22)15(18(24)25-4)20-17(23)14-7-12(8-19)9-21(14)3/h5-7,9,15,22H,1-4H3,(H,20,23)/t15-/m1/s1. The maximum Gasteiger partial charge on any atom is 0.333 e. The Hall–Kier alpha value is -3.27. The highest BCUT2D eigenvalue weighted by Gasteiger charge is 2.26. The van der Waals surface area contributed by atoms with Crippen LogP contribution in [-0.4, -0.2) is 28.7 Å². The lowest BCUT2D eigenvalue weighted by Gasteiger charge is -2.19. The molecule has 0 bridgehead atoms. The largest absolute Gasteiger partial charge is 0.507 e. The Morgan fingerprint density at radius 2 is 1.88 bits per heavy atom. The highest BCUT2D eigenvalue weighted by Crippen LogP contribution is 2.27. The number of nitrogens with one attached hydrogen (secondary N) is 1. The molecule has 1 atom stereocenters. The smallest absolute Gasteiger partial charge is 0.333 e. The molecule has 0 saturated carbocycles. The lowest BCUT2D eigenvalue weighted by molar-refractivity contribution is -0.143. The molecule has 2 rings (SSSR count). The molecule has 0 unspecified atom stereocenters. The topological polar surface area (TPSA) is 104 Å². The average Bonchev–Trinajstić information content (AvgIpc) is 2.97. The molecule has 25 heavy (non-hydrogen) atoms. The Kier molecular flexibility index (Phi) is 5.13. The van der Waals surface area contributed by atoms with E-state index in [1.165, 1.54) is 23.9 Å². The van der Waals surface area contributed by atoms with Gasteiger partial charge in [0.15, 0.2) is 6.04 Å². The first-order chi connectivity index (χ1) is 11.8. The number of esters is 1. The summed E-state index contributed by atoms with van der Waals surface area (Å²) in [6.45, 7) is 3.41. The highest BCUT2D eigenvalue weighted by atomic mass is 16.5. The Morgan fingerprint density at radius 1 is 1.28 bits per heavy atom. The molecule has 1 amide bonds. The fourth-order valence-electron chi connectivity index (χ4n) is 2.61. The Morgan fingerprint density at radius 3 is 2.36 bits per heavy atom. The number of methoxy groups -OCH3 is 1. The normalized spacial score (nSPS) is 11.5. The number of rotatable bonds is 4. The van der Waals surface area contributed by atoms with E-state index >= 15 is 0 Å². The van der Waals surface area contributed by atoms with Crippen LogP contribution in [0.25, 0.3) is 0 Å². The number of ether oxygens (including phenoxy) is 1. The number of carbonyl (C=O) groups excluding carboxylic acids is 2. The molecular weight excluding hydrogens is 322 g/mol. The number of aromatic nitrogens is 1. The van der Waals surface area contributed by atoms with Gasteiger partial charge in [0.05, 0.1) is 12.7 Å². The first-order valence-corrected chi connectivity index (χ1v) is 7.53. The Labute approximate surface area is 145 Å². The molecule has 1 aromatic heterocycles. The van der Waals surface area contributed by atoms with Gasteiger partial charge in [-0.15, -0.1) is 0 Å². The van der Waals surface area contributed by atoms with Crippen LogP contribution in [0, 0.1) is 25.2 Å². The minimum atomic E-state index is -1.03. The van der Waals surface area contributed by atoms with Gasteiger partial charge < -0.3 is 19.7 Å². The van der Waals surface area contributed by atoms with Crippen molar-refractivity contribution in [1.82, 2.24) is 9.88 Å². The van der Waals surface area contributed by atoms with E-state index in [9.17, 15) is 14.7 Å². The number of hydrogen-bond acceptors (Lipinski definition) is 5. The van der Waals surface area contributed by atoms with Crippen LogP contribution >= 0.6 is 0 Å². The molecule has 2 N–H and O–H groups in total. The minimum absolute atomic E-state index is 0.139. The van der Waals surface area contributed by atoms with E-state index in [4.69, 9.17) is 10.00 Å². The molecular formula is C18H19N3O4. The molecule has 0 aliphatic carbocycles. The molecule has 0 aliphatic heterocycles. The molecule has 0 aliphatic rings. The lowest BCUT2D eigenvalue weighted by Crippen LogP contribution is -2.35. The third-order valence-corrected chi connectivity index (χ3v) is 3.93. The van der Waals surface area contributed by atoms with Gasteiger partial charge in [-0.25, -0.2) is 4.79 Å². The summed E-state index contributed by atoms with van der Waals surface area (Å²) in [5.74, 6) is -1.00. The van der Waals surface area contributed by atoms with Gasteiger partial charge >= 0.3 is 5.97 Å². The van der Waals surface area contributed by atoms with Gasteiger partial charge in [0.1, 0.15) is 17.5 Å². The number of amides is 1. The number of aryl methyl sites for hydroxylation is 3. The quantitative estimate of drug-likeness (QED) is 0.826. The second-order valence-corrected chi connectivity index (χ2v) is 5.77. The van der Waals surface area contributed by atoms with Gasteiger partial charge in [0.2, 0.25) is 0 Å². The third kappa shape index (κ3) is 3.63. The number of nitrogens with zero attached hydrogens (tertiary/aromatic N) is 2. The van der Waals surface area contributed by atoms with Crippen molar-refractivity contribution in [3.8, 4) is 11.8 Å². The maximum atomic E-state index is 12.5. The number of phenols is 1. The molecule has 7 heteroatoms. The Bertz CT molecular complexity index is 854. The first-order valence-electron chi connectivity index (χ1n) is 7.53. The van der Waals surface area contributed by atoms with E-state index in [1.807, 2.05) is 6.07 Å². The molecule has 0 radical (unpaired) electrons. The summed E-state index contributed by atoms with van der Waals surface area (Å²) in [5.41, 5.74) is 2.27. The van der Waals surface area contributed by atoms with Crippen LogP contribution in [-0.2, 0) is 16.6 Å². The lowest BCUT2D eigenvalue weighted by atomic mass is 10.00. The summed E-state index contributed by atoms with van der Waals surface area (Å²) in [6, 6.07) is 5.61. The van der Waals surface area contributed by atoms with Crippen LogP contribution in [0.3, 0.4) is 0 Å². The van der Waals surface area contributed by atoms with Crippen LogP contribution < -0.4 is 5.32 Å². The number of carbonyl (C=O) groups is 2. The van der Waals surface area contributed by atoms with Gasteiger partial charge in [-0.2, -0.15) is 5.26 Å². The van der Waals surface area contributed by atoms with Gasteiger partial charge in [-0.05, 0) is 48.7 Å². The van der Waals surface area contributed by atoms with Crippen molar-refractivity contribution in [3.63, 3.8) is 0 Å². The molecule has 7 nitrogen and oxygen atoms in total. The molecule has 2 aromatic rings. The van der Waals surface area contributed by atoms with Crippen LogP contribution in [0.1, 0.15) is 38.8 Å². The van der Waals surface area contributed by atoms with E-state index in [-0.39, 0.29) is 11.4 Å². The van der Waals surface area contributed by atoms with E-state index in [0.717, 1.165) is 0 Å². The fourth-order valence-corrected chi connectivity index (χ4v) is 2.61. The van der Waals surface area contributed by atoms with Crippen LogP contribution in [0.4, 0.5) is 0 Å². The third-order valence-electron chi connectivity index (χ3n) is 3.93. The SMILES string of the molecule is COC(=O)[C@H](NC(=O)c1cc(C#N)cn1C)c1cc(C)c(O)c(C)c1. The van der Waals surface area contributed by atoms with Crippen molar-refractivity contribution in [2.45, 2.75) is 19.9 Å². The van der Waals surface area contributed by atoms with Crippen molar-refractivity contribution < 1.29 is 19.4 Å². The zero-order chi connectivity index (χ0) is 18.7. The van der Waals surface area contributed by atoms with Crippen molar-refractivity contribution in [3.05, 3.63) is 52.3 Å². The molecule has 0 saturated heterocycles. The minimum Gasteiger partial charge on any atom is -0.507 e. The average molecular weight is 341 g/mol. The molecule has 0 fully saturated rings. The molecule has 1 heterocycles. The maximum absolute atomic E-state index is 12.5. The molecule has 0 spiro atoms. The molecule has 130 valence electrons.